The molecule has 7 nitrogen and oxygen atoms in total. The number of pyridine rings is 1. The van der Waals surface area contributed by atoms with Crippen molar-refractivity contribution in [3.05, 3.63) is 30.3 Å². The SMILES string of the molecule is COc1cc(-c2nn[nH]n2)nc2c1oc1ccccc12. The maximum Gasteiger partial charge on any atom is 0.223 e. The van der Waals surface area contributed by atoms with E-state index in [1.54, 1.807) is 13.2 Å². The monoisotopic (exact) mass is 267 g/mol. The summed E-state index contributed by atoms with van der Waals surface area (Å²) in [5, 5.41) is 14.8. The number of hydrogen-bond donors (Lipinski definition) is 1. The molecule has 0 radical (unpaired) electrons. The summed E-state index contributed by atoms with van der Waals surface area (Å²) in [7, 11) is 1.59. The number of ether oxygens (including phenoxy) is 1. The van der Waals surface area contributed by atoms with E-state index in [4.69, 9.17) is 9.15 Å². The lowest BCUT2D eigenvalue weighted by atomic mass is 10.2. The third kappa shape index (κ3) is 1.46. The van der Waals surface area contributed by atoms with E-state index < -0.39 is 0 Å². The zero-order valence-electron chi connectivity index (χ0n) is 10.5. The van der Waals surface area contributed by atoms with Gasteiger partial charge < -0.3 is 9.15 Å². The first kappa shape index (κ1) is 10.9. The van der Waals surface area contributed by atoms with Crippen LogP contribution in [0.15, 0.2) is 34.7 Å². The van der Waals surface area contributed by atoms with Gasteiger partial charge in [-0.1, -0.05) is 12.1 Å². The molecular weight excluding hydrogens is 258 g/mol. The fourth-order valence-electron chi connectivity index (χ4n) is 2.19. The summed E-state index contributed by atoms with van der Waals surface area (Å²) in [6, 6.07) is 9.43. The van der Waals surface area contributed by atoms with Crippen LogP contribution in [-0.4, -0.2) is 32.7 Å². The average Bonchev–Trinajstić information content (AvgIpc) is 3.13. The molecule has 4 aromatic rings. The highest BCUT2D eigenvalue weighted by molar-refractivity contribution is 6.05. The topological polar surface area (TPSA) is 89.7 Å². The predicted octanol–water partition coefficient (Wildman–Crippen LogP) is 2.17. The normalized spacial score (nSPS) is 11.2. The van der Waals surface area contributed by atoms with E-state index in [2.05, 4.69) is 25.6 Å². The van der Waals surface area contributed by atoms with Gasteiger partial charge in [-0.25, -0.2) is 4.98 Å². The molecule has 0 aliphatic rings. The van der Waals surface area contributed by atoms with Crippen molar-refractivity contribution in [1.82, 2.24) is 25.6 Å². The molecule has 98 valence electrons. The molecule has 0 fully saturated rings. The van der Waals surface area contributed by atoms with Crippen molar-refractivity contribution in [2.45, 2.75) is 0 Å². The van der Waals surface area contributed by atoms with Gasteiger partial charge in [0.2, 0.25) is 5.82 Å². The Morgan fingerprint density at radius 2 is 2.15 bits per heavy atom. The molecule has 0 aliphatic heterocycles. The second kappa shape index (κ2) is 4.02. The molecule has 3 aromatic heterocycles. The van der Waals surface area contributed by atoms with Gasteiger partial charge in [-0.2, -0.15) is 5.21 Å². The second-order valence-electron chi connectivity index (χ2n) is 4.22. The zero-order chi connectivity index (χ0) is 13.5. The number of aromatic amines is 1. The number of H-pyrrole nitrogens is 1. The van der Waals surface area contributed by atoms with E-state index in [1.807, 2.05) is 24.3 Å². The number of nitrogens with zero attached hydrogens (tertiary/aromatic N) is 4. The van der Waals surface area contributed by atoms with E-state index in [0.29, 0.717) is 22.9 Å². The van der Waals surface area contributed by atoms with Gasteiger partial charge >= 0.3 is 0 Å². The molecule has 0 saturated carbocycles. The molecule has 0 saturated heterocycles. The fraction of sp³-hybridized carbons (Fsp3) is 0.0769. The molecule has 0 atom stereocenters. The third-order valence-electron chi connectivity index (χ3n) is 3.09. The highest BCUT2D eigenvalue weighted by Crippen LogP contribution is 2.35. The number of furan rings is 1. The lowest BCUT2D eigenvalue weighted by Crippen LogP contribution is -1.91. The van der Waals surface area contributed by atoms with Crippen LogP contribution in [0.1, 0.15) is 0 Å². The minimum absolute atomic E-state index is 0.412. The van der Waals surface area contributed by atoms with Crippen molar-refractivity contribution < 1.29 is 9.15 Å². The lowest BCUT2D eigenvalue weighted by molar-refractivity contribution is 0.411. The lowest BCUT2D eigenvalue weighted by Gasteiger charge is -2.01. The summed E-state index contributed by atoms with van der Waals surface area (Å²) < 4.78 is 11.2. The van der Waals surface area contributed by atoms with Crippen LogP contribution >= 0.6 is 0 Å². The van der Waals surface area contributed by atoms with Gasteiger partial charge in [-0.15, -0.1) is 10.2 Å². The molecule has 20 heavy (non-hydrogen) atoms. The Hall–Kier alpha value is -2.96. The van der Waals surface area contributed by atoms with Gasteiger partial charge in [0.15, 0.2) is 11.3 Å². The number of para-hydroxylation sites is 1. The summed E-state index contributed by atoms with van der Waals surface area (Å²) in [6.45, 7) is 0. The van der Waals surface area contributed by atoms with Crippen LogP contribution in [0, 0.1) is 0 Å². The van der Waals surface area contributed by atoms with Crippen molar-refractivity contribution in [1.29, 1.82) is 0 Å². The molecule has 0 amide bonds. The quantitative estimate of drug-likeness (QED) is 0.598. The van der Waals surface area contributed by atoms with Crippen LogP contribution in [0.4, 0.5) is 0 Å². The van der Waals surface area contributed by atoms with Crippen LogP contribution in [-0.2, 0) is 0 Å². The number of tetrazole rings is 1. The summed E-state index contributed by atoms with van der Waals surface area (Å²) in [5.74, 6) is 1.00. The molecule has 0 unspecified atom stereocenters. The van der Waals surface area contributed by atoms with Gasteiger partial charge in [-0.3, -0.25) is 0 Å². The Kier molecular flexibility index (Phi) is 2.19. The summed E-state index contributed by atoms with van der Waals surface area (Å²) in [5.41, 5.74) is 2.67. The standard InChI is InChI=1S/C13H9N5O2/c1-19-10-6-8(13-15-17-18-16-13)14-11-7-4-2-3-5-9(7)20-12(10)11/h2-6H,1H3,(H,15,16,17,18). The minimum atomic E-state index is 0.412. The number of aromatic nitrogens is 5. The molecule has 0 aliphatic carbocycles. The molecule has 4 rings (SSSR count). The van der Waals surface area contributed by atoms with Crippen molar-refractivity contribution in [3.63, 3.8) is 0 Å². The van der Waals surface area contributed by atoms with E-state index >= 15 is 0 Å². The van der Waals surface area contributed by atoms with E-state index in [9.17, 15) is 0 Å². The van der Waals surface area contributed by atoms with E-state index in [-0.39, 0.29) is 0 Å². The van der Waals surface area contributed by atoms with Gasteiger partial charge in [-0.05, 0) is 17.3 Å². The first-order valence-electron chi connectivity index (χ1n) is 5.97. The van der Waals surface area contributed by atoms with E-state index in [0.717, 1.165) is 16.5 Å². The molecule has 3 heterocycles. The van der Waals surface area contributed by atoms with Gasteiger partial charge in [0.1, 0.15) is 16.8 Å². The number of fused-ring (bicyclic) bond motifs is 3. The molecule has 0 bridgehead atoms. The number of nitrogens with one attached hydrogen (secondary N) is 1. The molecule has 1 N–H and O–H groups in total. The van der Waals surface area contributed by atoms with Crippen LogP contribution in [0.25, 0.3) is 33.6 Å². The van der Waals surface area contributed by atoms with Gasteiger partial charge in [0, 0.05) is 11.5 Å². The molecule has 7 heteroatoms. The largest absolute Gasteiger partial charge is 0.493 e. The Labute approximate surface area is 112 Å². The highest BCUT2D eigenvalue weighted by Gasteiger charge is 2.16. The average molecular weight is 267 g/mol. The Balaban J connectivity index is 2.12. The number of benzene rings is 1. The highest BCUT2D eigenvalue weighted by atomic mass is 16.5. The second-order valence-corrected chi connectivity index (χ2v) is 4.22. The Morgan fingerprint density at radius 3 is 2.95 bits per heavy atom. The first-order valence-corrected chi connectivity index (χ1v) is 5.97. The van der Waals surface area contributed by atoms with Crippen molar-refractivity contribution >= 4 is 22.1 Å². The molecule has 1 aromatic carbocycles. The first-order chi connectivity index (χ1) is 9.86. The van der Waals surface area contributed by atoms with Crippen LogP contribution in [0.5, 0.6) is 5.75 Å². The van der Waals surface area contributed by atoms with E-state index in [1.165, 1.54) is 0 Å². The molecule has 0 spiro atoms. The van der Waals surface area contributed by atoms with Crippen LogP contribution in [0.2, 0.25) is 0 Å². The number of methoxy groups -OCH3 is 1. The van der Waals surface area contributed by atoms with Crippen molar-refractivity contribution in [2.24, 2.45) is 0 Å². The Bertz CT molecular complexity index is 898. The third-order valence-corrected chi connectivity index (χ3v) is 3.09. The zero-order valence-corrected chi connectivity index (χ0v) is 10.5. The fourth-order valence-corrected chi connectivity index (χ4v) is 2.19. The Morgan fingerprint density at radius 1 is 1.25 bits per heavy atom. The smallest absolute Gasteiger partial charge is 0.223 e. The van der Waals surface area contributed by atoms with Crippen LogP contribution in [0.3, 0.4) is 0 Å². The van der Waals surface area contributed by atoms with Crippen molar-refractivity contribution in [2.75, 3.05) is 7.11 Å². The minimum Gasteiger partial charge on any atom is -0.493 e. The van der Waals surface area contributed by atoms with Gasteiger partial charge in [0.05, 0.1) is 7.11 Å². The predicted molar refractivity (Wildman–Crippen MR) is 71.2 cm³/mol. The number of rotatable bonds is 2. The maximum absolute atomic E-state index is 5.80. The van der Waals surface area contributed by atoms with Gasteiger partial charge in [0.25, 0.3) is 0 Å². The maximum atomic E-state index is 5.80. The van der Waals surface area contributed by atoms with Crippen molar-refractivity contribution in [3.8, 4) is 17.3 Å². The summed E-state index contributed by atoms with van der Waals surface area (Å²) >= 11 is 0. The van der Waals surface area contributed by atoms with Crippen LogP contribution < -0.4 is 4.74 Å². The summed E-state index contributed by atoms with van der Waals surface area (Å²) in [6.07, 6.45) is 0. The number of hydrogen-bond acceptors (Lipinski definition) is 6. The summed E-state index contributed by atoms with van der Waals surface area (Å²) in [4.78, 5) is 4.56. The molecular formula is C13H9N5O2.